The summed E-state index contributed by atoms with van der Waals surface area (Å²) in [5, 5.41) is 24.6. The van der Waals surface area contributed by atoms with E-state index in [2.05, 4.69) is 55.2 Å². The molecular weight excluding hydrogens is 1420 g/mol. The summed E-state index contributed by atoms with van der Waals surface area (Å²) in [4.78, 5) is 111. The van der Waals surface area contributed by atoms with Crippen LogP contribution in [0.25, 0.3) is 0 Å². The van der Waals surface area contributed by atoms with Crippen molar-refractivity contribution in [2.75, 3.05) is 86.8 Å². The molecule has 24 nitrogen and oxygen atoms in total. The molecule has 0 radical (unpaired) electrons. The molecule has 9 atom stereocenters. The lowest BCUT2D eigenvalue weighted by Crippen LogP contribution is -2.27. The van der Waals surface area contributed by atoms with E-state index in [9.17, 15) is 47.9 Å². The Morgan fingerprint density at radius 3 is 1.13 bits per heavy atom. The Labute approximate surface area is 670 Å². The fourth-order valence-corrected chi connectivity index (χ4v) is 7.35. The molecule has 0 aromatic heterocycles. The highest BCUT2D eigenvalue weighted by Gasteiger charge is 2.25. The fraction of sp³-hybridized carbons (Fsp3) is 0.724. The number of carboxylic acids is 1. The molecule has 640 valence electrons. The summed E-state index contributed by atoms with van der Waals surface area (Å²) < 4.78 is 50.4. The van der Waals surface area contributed by atoms with Gasteiger partial charge >= 0.3 is 53.7 Å². The summed E-state index contributed by atoms with van der Waals surface area (Å²) >= 11 is 0. The van der Waals surface area contributed by atoms with Crippen LogP contribution < -0.4 is 4.74 Å². The predicted molar refractivity (Wildman–Crippen MR) is 437 cm³/mol. The first-order chi connectivity index (χ1) is 52.4. The Hall–Kier alpha value is -8.12. The van der Waals surface area contributed by atoms with Crippen molar-refractivity contribution in [3.63, 3.8) is 0 Å². The van der Waals surface area contributed by atoms with Crippen molar-refractivity contribution in [2.45, 2.75) is 255 Å². The standard InChI is InChI=1S/C16H26O4.C13H18O3.C13H26O2.C12H20O5.C10H16O4.C7H15NO.C6H11N.C5H9N.C5H10O2/c1-4-12(3)16(18)20-11-14-8-6-13(7-9-14)10-19-15(17)5-2;1-3-11(2)13(14)16-10-9-15-12-7-5-4-6-8-12;1-5-8-9-12(7-3)10-15-13(14)11(4)6-2;1-4-10(3)12(14)17-9-7-15-6-8-16-11(13)5-2;1-4-8(3)10(12)14-7-6-13-9(11)5-2;1-5-6(2)7(9)8(3)4;1-4-6(2,3)5-7;1-3-5(2)4-6;1-3-4(2)5(6)7/h5,12-14H,2,4,6-11H2,1,3H3;4-8,11H,3,9-10H2,1-2H3;11-12H,5-10H2,1-4H3;5,10H,2,4,6-9H2,1,3H3;5,8H,2,4,6-7H2,1,3H3;6H,5H2,1-4H3;4H2,1-3H3;5H,3H2,1-2H3;4H,3H2,1-2H3,(H,6,7). The molecule has 1 fully saturated rings. The number of esters is 8. The van der Waals surface area contributed by atoms with Gasteiger partial charge in [-0.15, -0.1) is 0 Å². The summed E-state index contributed by atoms with van der Waals surface area (Å²) in [6.07, 6.45) is 19.7. The van der Waals surface area contributed by atoms with Crippen molar-refractivity contribution < 1.29 is 100 Å². The Morgan fingerprint density at radius 2 is 0.829 bits per heavy atom. The number of benzene rings is 1. The zero-order chi connectivity index (χ0) is 86.7. The Kier molecular flexibility index (Phi) is 82.2. The van der Waals surface area contributed by atoms with Crippen LogP contribution in [0.15, 0.2) is 68.3 Å². The average molecular weight is 1580 g/mol. The van der Waals surface area contributed by atoms with Crippen LogP contribution in [0.2, 0.25) is 0 Å². The zero-order valence-corrected chi connectivity index (χ0v) is 72.8. The maximum absolute atomic E-state index is 11.6. The molecular formula is C87H151N3O21. The van der Waals surface area contributed by atoms with Gasteiger partial charge in [-0.2, -0.15) is 10.5 Å². The molecule has 0 spiro atoms. The number of para-hydroxylation sites is 1. The summed E-state index contributed by atoms with van der Waals surface area (Å²) in [7, 11) is 3.57. The third kappa shape index (κ3) is 74.4. The van der Waals surface area contributed by atoms with E-state index < -0.39 is 17.9 Å². The number of nitriles is 2. The van der Waals surface area contributed by atoms with E-state index in [0.717, 1.165) is 108 Å². The van der Waals surface area contributed by atoms with Gasteiger partial charge in [0.25, 0.3) is 0 Å². The van der Waals surface area contributed by atoms with E-state index >= 15 is 0 Å². The molecule has 1 amide bonds. The van der Waals surface area contributed by atoms with Gasteiger partial charge in [0.15, 0.2) is 0 Å². The van der Waals surface area contributed by atoms with Crippen molar-refractivity contribution in [1.29, 1.82) is 10.5 Å². The third-order valence-corrected chi connectivity index (χ3v) is 17.9. The van der Waals surface area contributed by atoms with Crippen molar-refractivity contribution in [3.05, 3.63) is 68.3 Å². The van der Waals surface area contributed by atoms with Gasteiger partial charge in [-0.1, -0.05) is 182 Å². The zero-order valence-electron chi connectivity index (χ0n) is 72.8. The van der Waals surface area contributed by atoms with E-state index in [-0.39, 0.29) is 128 Å². The molecule has 0 saturated heterocycles. The Morgan fingerprint density at radius 1 is 0.477 bits per heavy atom. The van der Waals surface area contributed by atoms with Crippen LogP contribution in [0.4, 0.5) is 0 Å². The Bertz CT molecular complexity index is 2680. The van der Waals surface area contributed by atoms with Crippen LogP contribution in [0, 0.1) is 93.2 Å². The maximum atomic E-state index is 11.6. The topological polar surface area (TPSA) is 334 Å². The lowest BCUT2D eigenvalue weighted by Gasteiger charge is -2.28. The van der Waals surface area contributed by atoms with Crippen LogP contribution in [-0.2, 0) is 90.6 Å². The van der Waals surface area contributed by atoms with Gasteiger partial charge in [-0.25, -0.2) is 14.4 Å². The Balaban J connectivity index is -0.000000225. The quantitative estimate of drug-likeness (QED) is 0.0275. The number of hydrogen-bond donors (Lipinski definition) is 1. The van der Waals surface area contributed by atoms with Gasteiger partial charge < -0.3 is 57.4 Å². The lowest BCUT2D eigenvalue weighted by atomic mass is 9.83. The monoisotopic (exact) mass is 1570 g/mol. The number of carboxylic acid groups (broad SMARTS) is 1. The summed E-state index contributed by atoms with van der Waals surface area (Å²) in [6.45, 7) is 54.1. The first kappa shape index (κ1) is 116. The molecule has 1 N–H and O–H groups in total. The molecule has 0 aliphatic heterocycles. The number of ether oxygens (including phenoxy) is 10. The molecule has 2 rings (SSSR count). The highest BCUT2D eigenvalue weighted by Crippen LogP contribution is 2.29. The van der Waals surface area contributed by atoms with E-state index in [0.29, 0.717) is 57.4 Å². The number of nitrogens with zero attached hydrogens (tertiary/aromatic N) is 3. The van der Waals surface area contributed by atoms with E-state index in [1.54, 1.807) is 32.8 Å². The number of unbranched alkanes of at least 4 members (excludes halogenated alkanes) is 1. The minimum Gasteiger partial charge on any atom is -0.490 e. The van der Waals surface area contributed by atoms with E-state index in [4.69, 9.17) is 53.5 Å². The van der Waals surface area contributed by atoms with Crippen molar-refractivity contribution in [3.8, 4) is 17.9 Å². The predicted octanol–water partition coefficient (Wildman–Crippen LogP) is 17.9. The first-order valence-corrected chi connectivity index (χ1v) is 40.1. The summed E-state index contributed by atoms with van der Waals surface area (Å²) in [5.41, 5.74) is -0.111. The second kappa shape index (κ2) is 78.6. The summed E-state index contributed by atoms with van der Waals surface area (Å²) in [6, 6.07) is 13.8. The highest BCUT2D eigenvalue weighted by atomic mass is 16.6. The average Bonchev–Trinajstić information content (AvgIpc) is 0.915. The number of rotatable bonds is 42. The lowest BCUT2D eigenvalue weighted by molar-refractivity contribution is -0.153. The van der Waals surface area contributed by atoms with Gasteiger partial charge in [0.05, 0.1) is 86.1 Å². The second-order valence-corrected chi connectivity index (χ2v) is 27.9. The second-order valence-electron chi connectivity index (χ2n) is 27.9. The molecule has 24 heteroatoms. The van der Waals surface area contributed by atoms with Gasteiger partial charge in [0, 0.05) is 44.2 Å². The number of carbonyl (C=O) groups excluding carboxylic acids is 9. The molecule has 1 aliphatic carbocycles. The van der Waals surface area contributed by atoms with Crippen LogP contribution in [-0.4, -0.2) is 156 Å². The molecule has 1 aromatic carbocycles. The van der Waals surface area contributed by atoms with E-state index in [1.165, 1.54) is 25.3 Å². The van der Waals surface area contributed by atoms with Crippen LogP contribution >= 0.6 is 0 Å². The van der Waals surface area contributed by atoms with Crippen LogP contribution in [0.1, 0.15) is 255 Å². The molecule has 111 heavy (non-hydrogen) atoms. The number of carbonyl (C=O) groups is 10. The largest absolute Gasteiger partial charge is 0.490 e. The molecule has 1 saturated carbocycles. The smallest absolute Gasteiger partial charge is 0.330 e. The minimum atomic E-state index is -0.706. The van der Waals surface area contributed by atoms with E-state index in [1.807, 2.05) is 148 Å². The number of hydrogen-bond acceptors (Lipinski definition) is 22. The van der Waals surface area contributed by atoms with Crippen LogP contribution in [0.5, 0.6) is 5.75 Å². The van der Waals surface area contributed by atoms with Gasteiger partial charge in [-0.05, 0) is 141 Å². The molecule has 9 unspecified atom stereocenters. The summed E-state index contributed by atoms with van der Waals surface area (Å²) in [5.74, 6) is -0.281. The molecule has 0 bridgehead atoms. The van der Waals surface area contributed by atoms with Gasteiger partial charge in [0.1, 0.15) is 45.4 Å². The SMILES string of the molecule is C=CC(=O)OCC1CCC(COC(=O)C(C)CC)CC1.C=CC(=O)OCCOC(=O)C(C)CC.C=CC(=O)OCCOCCOC(=O)C(C)CC.CCC(C)(C)C#N.CCC(C)C#N.CCC(C)C(=O)N(C)C.CCC(C)C(=O)O.CCC(C)C(=O)OCCOc1ccccc1.CCCCC(CC)COC(=O)C(C)CC. The minimum absolute atomic E-state index is 0.00958. The normalized spacial score (nSPS) is 14.5. The van der Waals surface area contributed by atoms with Gasteiger partial charge in [-0.3, -0.25) is 33.6 Å². The van der Waals surface area contributed by atoms with Crippen molar-refractivity contribution in [1.82, 2.24) is 4.90 Å². The molecule has 0 heterocycles. The third-order valence-electron chi connectivity index (χ3n) is 17.9. The highest BCUT2D eigenvalue weighted by molar-refractivity contribution is 5.82. The van der Waals surface area contributed by atoms with Crippen molar-refractivity contribution >= 4 is 59.6 Å². The number of amides is 1. The maximum Gasteiger partial charge on any atom is 0.330 e. The van der Waals surface area contributed by atoms with Crippen LogP contribution in [0.3, 0.4) is 0 Å². The van der Waals surface area contributed by atoms with Gasteiger partial charge in [0.2, 0.25) is 5.91 Å². The fourth-order valence-electron chi connectivity index (χ4n) is 7.35. The number of aliphatic carboxylic acids is 1. The van der Waals surface area contributed by atoms with Crippen molar-refractivity contribution in [2.24, 2.45) is 70.5 Å². The first-order valence-electron chi connectivity index (χ1n) is 40.1. The molecule has 1 aromatic rings. The molecule has 1 aliphatic rings.